The van der Waals surface area contributed by atoms with Crippen molar-refractivity contribution < 1.29 is 9.53 Å². The van der Waals surface area contributed by atoms with Crippen LogP contribution in [0.1, 0.15) is 15.9 Å². The smallest absolute Gasteiger partial charge is 0.276 e. The largest absolute Gasteiger partial charge is 0.457 e. The van der Waals surface area contributed by atoms with Crippen LogP contribution in [0.3, 0.4) is 0 Å². The van der Waals surface area contributed by atoms with Crippen LogP contribution in [0.4, 0.5) is 0 Å². The predicted molar refractivity (Wildman–Crippen MR) is 117 cm³/mol. The molecular formula is C24H19N3O3. The van der Waals surface area contributed by atoms with Gasteiger partial charge in [-0.3, -0.25) is 9.59 Å². The van der Waals surface area contributed by atoms with Crippen LogP contribution in [0, 0.1) is 0 Å². The van der Waals surface area contributed by atoms with Crippen LogP contribution >= 0.6 is 0 Å². The van der Waals surface area contributed by atoms with Gasteiger partial charge in [0, 0.05) is 18.6 Å². The Bertz CT molecular complexity index is 1280. The van der Waals surface area contributed by atoms with Crippen molar-refractivity contribution in [1.29, 1.82) is 0 Å². The van der Waals surface area contributed by atoms with Crippen LogP contribution in [-0.2, 0) is 7.05 Å². The zero-order valence-electron chi connectivity index (χ0n) is 16.3. The molecular weight excluding hydrogens is 378 g/mol. The van der Waals surface area contributed by atoms with Gasteiger partial charge in [-0.15, -0.1) is 0 Å². The lowest BCUT2D eigenvalue weighted by molar-refractivity contribution is 0.0953. The maximum atomic E-state index is 12.6. The highest BCUT2D eigenvalue weighted by Gasteiger charge is 2.13. The molecule has 0 bridgehead atoms. The highest BCUT2D eigenvalue weighted by molar-refractivity contribution is 5.97. The molecule has 0 aliphatic rings. The van der Waals surface area contributed by atoms with Crippen molar-refractivity contribution in [2.75, 3.05) is 0 Å². The molecule has 0 aliphatic heterocycles. The van der Waals surface area contributed by atoms with Gasteiger partial charge in [0.1, 0.15) is 17.1 Å². The molecule has 4 aromatic rings. The van der Waals surface area contributed by atoms with Crippen LogP contribution in [0.25, 0.3) is 10.9 Å². The summed E-state index contributed by atoms with van der Waals surface area (Å²) in [6.45, 7) is 0. The molecule has 3 aromatic carbocycles. The molecule has 6 nitrogen and oxygen atoms in total. The lowest BCUT2D eigenvalue weighted by Crippen LogP contribution is -2.26. The fraction of sp³-hybridized carbons (Fsp3) is 0.0417. The quantitative estimate of drug-likeness (QED) is 0.407. The minimum absolute atomic E-state index is 0.0416. The third kappa shape index (κ3) is 4.12. The molecule has 4 rings (SSSR count). The van der Waals surface area contributed by atoms with Crippen molar-refractivity contribution in [3.05, 3.63) is 106 Å². The van der Waals surface area contributed by atoms with Crippen LogP contribution < -0.4 is 15.6 Å². The van der Waals surface area contributed by atoms with Crippen molar-refractivity contribution in [2.24, 2.45) is 12.1 Å². The zero-order chi connectivity index (χ0) is 20.9. The number of fused-ring (bicyclic) bond motifs is 1. The van der Waals surface area contributed by atoms with E-state index in [0.717, 1.165) is 16.8 Å². The van der Waals surface area contributed by atoms with Gasteiger partial charge in [-0.2, -0.15) is 5.10 Å². The molecule has 0 saturated carbocycles. The molecule has 0 unspecified atom stereocenters. The van der Waals surface area contributed by atoms with E-state index in [1.54, 1.807) is 23.7 Å². The third-order valence-electron chi connectivity index (χ3n) is 4.58. The topological polar surface area (TPSA) is 72.7 Å². The standard InChI is InChI=1S/C24H19N3O3/c1-27-16-21(23(28)20-9-5-6-10-22(20)27)24(29)26-25-15-17-11-13-19(14-12-17)30-18-7-3-2-4-8-18/h2-16H,1H3,(H,26,29). The monoisotopic (exact) mass is 397 g/mol. The molecule has 1 amide bonds. The molecule has 1 aromatic heterocycles. The Kier molecular flexibility index (Phi) is 5.39. The molecule has 0 saturated heterocycles. The van der Waals surface area contributed by atoms with Crippen molar-refractivity contribution in [3.8, 4) is 11.5 Å². The van der Waals surface area contributed by atoms with Gasteiger partial charge in [0.05, 0.1) is 11.7 Å². The lowest BCUT2D eigenvalue weighted by atomic mass is 10.1. The van der Waals surface area contributed by atoms with Crippen LogP contribution in [0.5, 0.6) is 11.5 Å². The van der Waals surface area contributed by atoms with E-state index in [4.69, 9.17) is 4.74 Å². The number of hydrogen-bond acceptors (Lipinski definition) is 4. The summed E-state index contributed by atoms with van der Waals surface area (Å²) in [7, 11) is 1.79. The Morgan fingerprint density at radius 3 is 2.37 bits per heavy atom. The fourth-order valence-electron chi connectivity index (χ4n) is 3.07. The molecule has 0 radical (unpaired) electrons. The summed E-state index contributed by atoms with van der Waals surface area (Å²) in [5.74, 6) is 0.895. The van der Waals surface area contributed by atoms with E-state index < -0.39 is 5.91 Å². The number of amides is 1. The summed E-state index contributed by atoms with van der Waals surface area (Å²) in [6.07, 6.45) is 3.03. The van der Waals surface area contributed by atoms with Crippen LogP contribution in [0.15, 0.2) is 95.0 Å². The first-order valence-corrected chi connectivity index (χ1v) is 9.36. The van der Waals surface area contributed by atoms with E-state index in [2.05, 4.69) is 10.5 Å². The van der Waals surface area contributed by atoms with Gasteiger partial charge in [-0.05, 0) is 54.1 Å². The highest BCUT2D eigenvalue weighted by Crippen LogP contribution is 2.20. The maximum absolute atomic E-state index is 12.6. The van der Waals surface area contributed by atoms with Gasteiger partial charge in [0.15, 0.2) is 0 Å². The summed E-state index contributed by atoms with van der Waals surface area (Å²) in [5.41, 5.74) is 3.69. The molecule has 0 aliphatic carbocycles. The van der Waals surface area contributed by atoms with Gasteiger partial charge in [-0.1, -0.05) is 30.3 Å². The number of ether oxygens (including phenoxy) is 1. The first kappa shape index (κ1) is 19.1. The Hall–Kier alpha value is -4.19. The minimum Gasteiger partial charge on any atom is -0.457 e. The first-order valence-electron chi connectivity index (χ1n) is 9.36. The number of hydrazone groups is 1. The highest BCUT2D eigenvalue weighted by atomic mass is 16.5. The number of benzene rings is 3. The molecule has 1 N–H and O–H groups in total. The van der Waals surface area contributed by atoms with Gasteiger partial charge < -0.3 is 9.30 Å². The number of rotatable bonds is 5. The van der Waals surface area contributed by atoms with Crippen molar-refractivity contribution >= 4 is 23.0 Å². The van der Waals surface area contributed by atoms with Crippen LogP contribution in [0.2, 0.25) is 0 Å². The van der Waals surface area contributed by atoms with Gasteiger partial charge in [0.25, 0.3) is 5.91 Å². The average Bonchev–Trinajstić information content (AvgIpc) is 2.78. The number of aryl methyl sites for hydroxylation is 1. The number of pyridine rings is 1. The van der Waals surface area contributed by atoms with Crippen molar-refractivity contribution in [3.63, 3.8) is 0 Å². The van der Waals surface area contributed by atoms with E-state index in [1.807, 2.05) is 66.7 Å². The van der Waals surface area contributed by atoms with E-state index in [1.165, 1.54) is 12.4 Å². The van der Waals surface area contributed by atoms with E-state index in [0.29, 0.717) is 11.1 Å². The number of carbonyl (C=O) groups is 1. The Balaban J connectivity index is 1.44. The van der Waals surface area contributed by atoms with Crippen LogP contribution in [-0.4, -0.2) is 16.7 Å². The Morgan fingerprint density at radius 1 is 0.933 bits per heavy atom. The summed E-state index contributed by atoms with van der Waals surface area (Å²) >= 11 is 0. The summed E-state index contributed by atoms with van der Waals surface area (Å²) in [5, 5.41) is 4.46. The molecule has 148 valence electrons. The van der Waals surface area contributed by atoms with Crippen molar-refractivity contribution in [2.45, 2.75) is 0 Å². The van der Waals surface area contributed by atoms with Gasteiger partial charge >= 0.3 is 0 Å². The normalized spacial score (nSPS) is 11.0. The summed E-state index contributed by atoms with van der Waals surface area (Å²) in [6, 6.07) is 23.9. The number of para-hydroxylation sites is 2. The number of hydrogen-bond donors (Lipinski definition) is 1. The number of aromatic nitrogens is 1. The van der Waals surface area contributed by atoms with E-state index in [-0.39, 0.29) is 11.0 Å². The second kappa shape index (κ2) is 8.45. The lowest BCUT2D eigenvalue weighted by Gasteiger charge is -2.08. The average molecular weight is 397 g/mol. The zero-order valence-corrected chi connectivity index (χ0v) is 16.3. The van der Waals surface area contributed by atoms with Gasteiger partial charge in [0.2, 0.25) is 5.43 Å². The number of carbonyl (C=O) groups excluding carboxylic acids is 1. The minimum atomic E-state index is -0.554. The molecule has 6 heteroatoms. The summed E-state index contributed by atoms with van der Waals surface area (Å²) < 4.78 is 7.49. The Labute approximate surface area is 173 Å². The summed E-state index contributed by atoms with van der Waals surface area (Å²) in [4.78, 5) is 25.1. The van der Waals surface area contributed by atoms with E-state index in [9.17, 15) is 9.59 Å². The molecule has 0 atom stereocenters. The number of nitrogens with one attached hydrogen (secondary N) is 1. The number of nitrogens with zero attached hydrogens (tertiary/aromatic N) is 2. The first-order chi connectivity index (χ1) is 14.6. The second-order valence-corrected chi connectivity index (χ2v) is 6.68. The van der Waals surface area contributed by atoms with Crippen molar-refractivity contribution in [1.82, 2.24) is 9.99 Å². The predicted octanol–water partition coefficient (Wildman–Crippen LogP) is 4.09. The molecule has 1 heterocycles. The fourth-order valence-corrected chi connectivity index (χ4v) is 3.07. The SMILES string of the molecule is Cn1cc(C(=O)NN=Cc2ccc(Oc3ccccc3)cc2)c(=O)c2ccccc21. The molecule has 0 fully saturated rings. The maximum Gasteiger partial charge on any atom is 0.276 e. The second-order valence-electron chi connectivity index (χ2n) is 6.68. The Morgan fingerprint density at radius 2 is 1.60 bits per heavy atom. The van der Waals surface area contributed by atoms with Gasteiger partial charge in [-0.25, -0.2) is 5.43 Å². The molecule has 30 heavy (non-hydrogen) atoms. The third-order valence-corrected chi connectivity index (χ3v) is 4.58. The van der Waals surface area contributed by atoms with E-state index >= 15 is 0 Å². The molecule has 0 spiro atoms.